The van der Waals surface area contributed by atoms with Crippen molar-refractivity contribution in [3.63, 3.8) is 0 Å². The number of nitrogen functional groups attached to an aromatic ring is 1. The number of thiophene rings is 1. The number of anilines is 1. The highest BCUT2D eigenvalue weighted by molar-refractivity contribution is 7.10. The van der Waals surface area contributed by atoms with Gasteiger partial charge in [0.05, 0.1) is 0 Å². The number of Topliss-reactive ketones (excluding diaryl/α,β-unsaturated/α-hetero) is 1. The van der Waals surface area contributed by atoms with E-state index in [1.807, 2.05) is 31.4 Å². The van der Waals surface area contributed by atoms with Gasteiger partial charge < -0.3 is 10.5 Å². The fourth-order valence-electron chi connectivity index (χ4n) is 2.38. The first-order chi connectivity index (χ1) is 12.7. The highest BCUT2D eigenvalue weighted by Crippen LogP contribution is 2.11. The molecule has 0 radical (unpaired) electrons. The number of carbonyl (C=O) groups excluding carboxylic acids is 2. The van der Waals surface area contributed by atoms with E-state index in [4.69, 9.17) is 10.5 Å². The normalized spacial score (nSPS) is 11.3. The Morgan fingerprint density at radius 3 is 2.63 bits per heavy atom. The van der Waals surface area contributed by atoms with Crippen LogP contribution < -0.4 is 17.0 Å². The van der Waals surface area contributed by atoms with E-state index in [2.05, 4.69) is 0 Å². The highest BCUT2D eigenvalue weighted by Gasteiger charge is 2.22. The number of carbonyl (C=O) groups is 2. The summed E-state index contributed by atoms with van der Waals surface area (Å²) >= 11 is 1.44. The first-order valence-electron chi connectivity index (χ1n) is 8.23. The molecule has 0 aliphatic carbocycles. The van der Waals surface area contributed by atoms with Crippen molar-refractivity contribution in [2.75, 3.05) is 12.3 Å². The Kier molecular flexibility index (Phi) is 6.51. The van der Waals surface area contributed by atoms with Gasteiger partial charge in [-0.15, -0.1) is 11.3 Å². The quantitative estimate of drug-likeness (QED) is 0.432. The molecular weight excluding hydrogens is 370 g/mol. The second-order valence-electron chi connectivity index (χ2n) is 6.29. The molecule has 0 saturated heterocycles. The third-order valence-electron chi connectivity index (χ3n) is 3.68. The van der Waals surface area contributed by atoms with Crippen LogP contribution in [0.1, 0.15) is 29.1 Å². The number of hydrogen-bond acceptors (Lipinski definition) is 7. The molecule has 2 heterocycles. The Hall–Kier alpha value is -2.94. The van der Waals surface area contributed by atoms with Crippen LogP contribution in [0, 0.1) is 5.92 Å². The SMILES string of the molecule is CC(C)Cn1c(N)c(C(=O)COC(=O)/C=C/c2cccs2)c(=O)n(C)c1=O. The van der Waals surface area contributed by atoms with Crippen LogP contribution in [0.15, 0.2) is 33.2 Å². The summed E-state index contributed by atoms with van der Waals surface area (Å²) in [5, 5.41) is 1.86. The average molecular weight is 391 g/mol. The van der Waals surface area contributed by atoms with Crippen LogP contribution in [-0.2, 0) is 23.1 Å². The lowest BCUT2D eigenvalue weighted by atomic mass is 10.1. The fourth-order valence-corrected chi connectivity index (χ4v) is 3.00. The molecule has 0 aromatic carbocycles. The van der Waals surface area contributed by atoms with Crippen molar-refractivity contribution in [1.82, 2.24) is 9.13 Å². The molecule has 9 heteroatoms. The molecule has 2 aromatic rings. The Labute approximate surface area is 159 Å². The van der Waals surface area contributed by atoms with Crippen LogP contribution in [0.25, 0.3) is 6.08 Å². The minimum Gasteiger partial charge on any atom is -0.454 e. The maximum Gasteiger partial charge on any atom is 0.332 e. The summed E-state index contributed by atoms with van der Waals surface area (Å²) in [6.45, 7) is 3.36. The van der Waals surface area contributed by atoms with Crippen molar-refractivity contribution in [2.24, 2.45) is 13.0 Å². The average Bonchev–Trinajstić information content (AvgIpc) is 3.13. The van der Waals surface area contributed by atoms with Gasteiger partial charge in [-0.2, -0.15) is 0 Å². The standard InChI is InChI=1S/C18H21N3O5S/c1-11(2)9-21-16(19)15(17(24)20(3)18(21)25)13(22)10-26-14(23)7-6-12-5-4-8-27-12/h4-8,11H,9-10,19H2,1-3H3/b7-6+. The van der Waals surface area contributed by atoms with Gasteiger partial charge in [-0.1, -0.05) is 19.9 Å². The van der Waals surface area contributed by atoms with Crippen molar-refractivity contribution in [1.29, 1.82) is 0 Å². The molecule has 0 aliphatic rings. The van der Waals surface area contributed by atoms with Crippen molar-refractivity contribution in [3.8, 4) is 0 Å². The van der Waals surface area contributed by atoms with E-state index in [0.717, 1.165) is 9.44 Å². The lowest BCUT2D eigenvalue weighted by molar-refractivity contribution is -0.136. The molecule has 0 saturated carbocycles. The molecule has 27 heavy (non-hydrogen) atoms. The van der Waals surface area contributed by atoms with E-state index >= 15 is 0 Å². The van der Waals surface area contributed by atoms with Crippen LogP contribution >= 0.6 is 11.3 Å². The van der Waals surface area contributed by atoms with Gasteiger partial charge in [0.15, 0.2) is 6.61 Å². The van der Waals surface area contributed by atoms with Crippen LogP contribution in [0.4, 0.5) is 5.82 Å². The summed E-state index contributed by atoms with van der Waals surface area (Å²) in [7, 11) is 1.27. The number of aromatic nitrogens is 2. The van der Waals surface area contributed by atoms with E-state index in [9.17, 15) is 19.2 Å². The Bertz CT molecular complexity index is 984. The van der Waals surface area contributed by atoms with E-state index in [1.54, 1.807) is 6.08 Å². The van der Waals surface area contributed by atoms with Gasteiger partial charge in [0.2, 0.25) is 5.78 Å². The second kappa shape index (κ2) is 8.63. The van der Waals surface area contributed by atoms with Gasteiger partial charge in [0.25, 0.3) is 5.56 Å². The first kappa shape index (κ1) is 20.4. The van der Waals surface area contributed by atoms with Gasteiger partial charge in [0.1, 0.15) is 11.4 Å². The number of esters is 1. The zero-order valence-corrected chi connectivity index (χ0v) is 16.1. The van der Waals surface area contributed by atoms with E-state index < -0.39 is 29.6 Å². The maximum atomic E-state index is 12.4. The molecular formula is C18H21N3O5S. The van der Waals surface area contributed by atoms with Crippen molar-refractivity contribution in [3.05, 3.63) is 54.9 Å². The van der Waals surface area contributed by atoms with E-state index in [-0.39, 0.29) is 23.8 Å². The fraction of sp³-hybridized carbons (Fsp3) is 0.333. The first-order valence-corrected chi connectivity index (χ1v) is 9.11. The minimum atomic E-state index is -0.812. The molecule has 8 nitrogen and oxygen atoms in total. The van der Waals surface area contributed by atoms with Gasteiger partial charge in [-0.25, -0.2) is 9.59 Å². The van der Waals surface area contributed by atoms with E-state index in [0.29, 0.717) is 0 Å². The number of nitrogens with zero attached hydrogens (tertiary/aromatic N) is 2. The number of nitrogens with two attached hydrogens (primary N) is 1. The van der Waals surface area contributed by atoms with E-state index in [1.165, 1.54) is 29.0 Å². The van der Waals surface area contributed by atoms with Gasteiger partial charge in [-0.3, -0.25) is 18.7 Å². The number of ketones is 1. The lowest BCUT2D eigenvalue weighted by Gasteiger charge is -2.16. The second-order valence-corrected chi connectivity index (χ2v) is 7.27. The maximum absolute atomic E-state index is 12.4. The molecule has 0 atom stereocenters. The molecule has 0 unspecified atom stereocenters. The number of rotatable bonds is 7. The number of hydrogen-bond donors (Lipinski definition) is 1. The third-order valence-corrected chi connectivity index (χ3v) is 4.52. The Balaban J connectivity index is 2.20. The zero-order valence-electron chi connectivity index (χ0n) is 15.3. The van der Waals surface area contributed by atoms with Crippen LogP contribution in [0.3, 0.4) is 0 Å². The largest absolute Gasteiger partial charge is 0.454 e. The third kappa shape index (κ3) is 4.82. The predicted octanol–water partition coefficient (Wildman–Crippen LogP) is 1.29. The van der Waals surface area contributed by atoms with Crippen LogP contribution in [-0.4, -0.2) is 27.5 Å². The molecule has 2 N–H and O–H groups in total. The van der Waals surface area contributed by atoms with Crippen molar-refractivity contribution in [2.45, 2.75) is 20.4 Å². The zero-order chi connectivity index (χ0) is 20.1. The smallest absolute Gasteiger partial charge is 0.332 e. The van der Waals surface area contributed by atoms with Gasteiger partial charge >= 0.3 is 11.7 Å². The summed E-state index contributed by atoms with van der Waals surface area (Å²) in [6, 6.07) is 3.66. The molecule has 0 fully saturated rings. The van der Waals surface area contributed by atoms with Crippen molar-refractivity contribution < 1.29 is 14.3 Å². The molecule has 2 aromatic heterocycles. The van der Waals surface area contributed by atoms with Crippen LogP contribution in [0.2, 0.25) is 0 Å². The summed E-state index contributed by atoms with van der Waals surface area (Å²) in [5.41, 5.74) is 4.14. The minimum absolute atomic E-state index is 0.0747. The summed E-state index contributed by atoms with van der Waals surface area (Å²) < 4.78 is 6.90. The summed E-state index contributed by atoms with van der Waals surface area (Å²) in [5.74, 6) is -1.62. The van der Waals surface area contributed by atoms with Crippen LogP contribution in [0.5, 0.6) is 0 Å². The predicted molar refractivity (Wildman–Crippen MR) is 104 cm³/mol. The summed E-state index contributed by atoms with van der Waals surface area (Å²) in [4.78, 5) is 49.6. The Morgan fingerprint density at radius 1 is 1.33 bits per heavy atom. The number of ether oxygens (including phenoxy) is 1. The molecule has 0 bridgehead atoms. The van der Waals surface area contributed by atoms with Gasteiger partial charge in [0, 0.05) is 24.5 Å². The highest BCUT2D eigenvalue weighted by atomic mass is 32.1. The molecule has 2 rings (SSSR count). The van der Waals surface area contributed by atoms with Crippen molar-refractivity contribution >= 4 is 35.0 Å². The Morgan fingerprint density at radius 2 is 2.04 bits per heavy atom. The topological polar surface area (TPSA) is 113 Å². The molecule has 0 aliphatic heterocycles. The molecule has 144 valence electrons. The summed E-state index contributed by atoms with van der Waals surface area (Å²) in [6.07, 6.45) is 2.76. The lowest BCUT2D eigenvalue weighted by Crippen LogP contribution is -2.43. The molecule has 0 spiro atoms. The monoisotopic (exact) mass is 391 g/mol. The molecule has 0 amide bonds. The van der Waals surface area contributed by atoms with Gasteiger partial charge in [-0.05, 0) is 23.4 Å².